The first-order valence-corrected chi connectivity index (χ1v) is 3.12. The van der Waals surface area contributed by atoms with Crippen LogP contribution in [-0.2, 0) is 9.53 Å². The van der Waals surface area contributed by atoms with Gasteiger partial charge < -0.3 is 10.5 Å². The maximum Gasteiger partial charge on any atom is 0.308 e. The molecule has 0 aromatic carbocycles. The Balaban J connectivity index is 2.44. The first-order valence-electron chi connectivity index (χ1n) is 3.12. The molecule has 0 aliphatic carbocycles. The van der Waals surface area contributed by atoms with E-state index in [1.165, 1.54) is 0 Å². The predicted molar refractivity (Wildman–Crippen MR) is 32.7 cm³/mol. The number of carbonyl (C=O) groups excluding carboxylic acids is 1. The molecule has 1 aliphatic rings. The fourth-order valence-corrected chi connectivity index (χ4v) is 0.950. The molecule has 3 nitrogen and oxygen atoms in total. The molecule has 1 rings (SSSR count). The van der Waals surface area contributed by atoms with Crippen molar-refractivity contribution in [3.8, 4) is 0 Å². The lowest BCUT2D eigenvalue weighted by Gasteiger charge is -2.22. The predicted octanol–water partition coefficient (Wildman–Crippen LogP) is -0.103. The molecular weight excluding hydrogens is 118 g/mol. The number of hydrogen-bond acceptors (Lipinski definition) is 3. The van der Waals surface area contributed by atoms with E-state index in [0.29, 0.717) is 6.61 Å². The van der Waals surface area contributed by atoms with Gasteiger partial charge in [-0.2, -0.15) is 0 Å². The number of nitrogens with two attached hydrogens (primary N) is 1. The molecule has 2 unspecified atom stereocenters. The van der Waals surface area contributed by atoms with Gasteiger partial charge in [-0.05, 0) is 6.42 Å². The molecule has 0 aromatic heterocycles. The molecule has 1 aliphatic heterocycles. The van der Waals surface area contributed by atoms with Crippen LogP contribution in [0.4, 0.5) is 0 Å². The van der Waals surface area contributed by atoms with E-state index >= 15 is 0 Å². The van der Waals surface area contributed by atoms with Crippen LogP contribution in [0, 0.1) is 5.92 Å². The van der Waals surface area contributed by atoms with Crippen LogP contribution in [0.5, 0.6) is 0 Å². The highest BCUT2D eigenvalue weighted by Gasteiger charge is 2.23. The van der Waals surface area contributed by atoms with Crippen LogP contribution in [0.25, 0.3) is 0 Å². The standard InChI is InChI=1S/C6H11NO2/c1-4-2-5(7)3-9-6(4)8/h4-5H,2-3,7H2,1H3. The lowest BCUT2D eigenvalue weighted by molar-refractivity contribution is -0.152. The lowest BCUT2D eigenvalue weighted by atomic mass is 10.0. The summed E-state index contributed by atoms with van der Waals surface area (Å²) < 4.78 is 4.74. The highest BCUT2D eigenvalue weighted by Crippen LogP contribution is 2.12. The molecule has 0 saturated carbocycles. The summed E-state index contributed by atoms with van der Waals surface area (Å²) in [6.45, 7) is 2.23. The number of carbonyl (C=O) groups is 1. The van der Waals surface area contributed by atoms with Crippen LogP contribution in [0.1, 0.15) is 13.3 Å². The third-order valence-electron chi connectivity index (χ3n) is 1.50. The van der Waals surface area contributed by atoms with E-state index in [4.69, 9.17) is 10.5 Å². The monoisotopic (exact) mass is 129 g/mol. The topological polar surface area (TPSA) is 52.3 Å². The SMILES string of the molecule is CC1CC(N)COC1=O. The van der Waals surface area contributed by atoms with Crippen LogP contribution in [0.3, 0.4) is 0 Å². The summed E-state index contributed by atoms with van der Waals surface area (Å²) in [7, 11) is 0. The summed E-state index contributed by atoms with van der Waals surface area (Å²) in [5, 5.41) is 0. The third-order valence-corrected chi connectivity index (χ3v) is 1.50. The van der Waals surface area contributed by atoms with Crippen molar-refractivity contribution in [3.63, 3.8) is 0 Å². The molecule has 0 radical (unpaired) electrons. The zero-order valence-electron chi connectivity index (χ0n) is 5.46. The van der Waals surface area contributed by atoms with Crippen molar-refractivity contribution in [2.75, 3.05) is 6.61 Å². The molecule has 52 valence electrons. The lowest BCUT2D eigenvalue weighted by Crippen LogP contribution is -2.37. The van der Waals surface area contributed by atoms with Gasteiger partial charge in [-0.25, -0.2) is 0 Å². The van der Waals surface area contributed by atoms with E-state index in [1.807, 2.05) is 6.92 Å². The quantitative estimate of drug-likeness (QED) is 0.464. The van der Waals surface area contributed by atoms with Crippen molar-refractivity contribution in [2.24, 2.45) is 11.7 Å². The molecule has 2 N–H and O–H groups in total. The van der Waals surface area contributed by atoms with E-state index in [0.717, 1.165) is 6.42 Å². The first-order chi connectivity index (χ1) is 4.20. The molecule has 2 atom stereocenters. The second kappa shape index (κ2) is 2.35. The average molecular weight is 129 g/mol. The van der Waals surface area contributed by atoms with Gasteiger partial charge in [0.05, 0.1) is 5.92 Å². The number of esters is 1. The van der Waals surface area contributed by atoms with Gasteiger partial charge in [-0.3, -0.25) is 4.79 Å². The van der Waals surface area contributed by atoms with E-state index in [-0.39, 0.29) is 17.9 Å². The van der Waals surface area contributed by atoms with Crippen molar-refractivity contribution in [2.45, 2.75) is 19.4 Å². The van der Waals surface area contributed by atoms with Crippen molar-refractivity contribution in [1.29, 1.82) is 0 Å². The van der Waals surface area contributed by atoms with Gasteiger partial charge in [0.15, 0.2) is 0 Å². The van der Waals surface area contributed by atoms with Gasteiger partial charge >= 0.3 is 5.97 Å². The van der Waals surface area contributed by atoms with Gasteiger partial charge in [-0.1, -0.05) is 6.92 Å². The van der Waals surface area contributed by atoms with E-state index in [2.05, 4.69) is 0 Å². The zero-order valence-corrected chi connectivity index (χ0v) is 5.46. The Morgan fingerprint density at radius 2 is 2.44 bits per heavy atom. The Hall–Kier alpha value is -0.570. The summed E-state index contributed by atoms with van der Waals surface area (Å²) in [5.41, 5.74) is 5.51. The summed E-state index contributed by atoms with van der Waals surface area (Å²) in [6, 6.07) is 0.0534. The molecule has 0 spiro atoms. The molecule has 9 heavy (non-hydrogen) atoms. The summed E-state index contributed by atoms with van der Waals surface area (Å²) in [4.78, 5) is 10.7. The van der Waals surface area contributed by atoms with E-state index in [9.17, 15) is 4.79 Å². The second-order valence-corrected chi connectivity index (χ2v) is 2.53. The Morgan fingerprint density at radius 3 is 2.89 bits per heavy atom. The molecule has 3 heteroatoms. The minimum Gasteiger partial charge on any atom is -0.464 e. The molecule has 0 amide bonds. The molecule has 1 heterocycles. The highest BCUT2D eigenvalue weighted by atomic mass is 16.5. The average Bonchev–Trinajstić information content (AvgIpc) is 1.80. The van der Waals surface area contributed by atoms with Crippen LogP contribution >= 0.6 is 0 Å². The van der Waals surface area contributed by atoms with Crippen LogP contribution in [-0.4, -0.2) is 18.6 Å². The van der Waals surface area contributed by atoms with Gasteiger partial charge in [0.2, 0.25) is 0 Å². The van der Waals surface area contributed by atoms with Crippen LogP contribution < -0.4 is 5.73 Å². The maximum absolute atomic E-state index is 10.7. The Morgan fingerprint density at radius 1 is 1.78 bits per heavy atom. The number of cyclic esters (lactones) is 1. The molecule has 0 bridgehead atoms. The Labute approximate surface area is 54.2 Å². The molecule has 0 aromatic rings. The number of rotatable bonds is 0. The second-order valence-electron chi connectivity index (χ2n) is 2.53. The van der Waals surface area contributed by atoms with Gasteiger partial charge in [0, 0.05) is 6.04 Å². The van der Waals surface area contributed by atoms with E-state index in [1.54, 1.807) is 0 Å². The Kier molecular flexibility index (Phi) is 1.71. The van der Waals surface area contributed by atoms with Crippen LogP contribution in [0.15, 0.2) is 0 Å². The molecule has 1 saturated heterocycles. The zero-order chi connectivity index (χ0) is 6.85. The fourth-order valence-electron chi connectivity index (χ4n) is 0.950. The molecule has 1 fully saturated rings. The largest absolute Gasteiger partial charge is 0.464 e. The van der Waals surface area contributed by atoms with Crippen LogP contribution in [0.2, 0.25) is 0 Å². The van der Waals surface area contributed by atoms with Gasteiger partial charge in [0.25, 0.3) is 0 Å². The van der Waals surface area contributed by atoms with Crippen molar-refractivity contribution in [3.05, 3.63) is 0 Å². The van der Waals surface area contributed by atoms with Crippen molar-refractivity contribution >= 4 is 5.97 Å². The first kappa shape index (κ1) is 6.55. The summed E-state index contributed by atoms with van der Waals surface area (Å²) in [5.74, 6) is -0.120. The van der Waals surface area contributed by atoms with Gasteiger partial charge in [-0.15, -0.1) is 0 Å². The number of hydrogen-bond donors (Lipinski definition) is 1. The highest BCUT2D eigenvalue weighted by molar-refractivity contribution is 5.72. The Bertz CT molecular complexity index is 124. The van der Waals surface area contributed by atoms with Crippen molar-refractivity contribution < 1.29 is 9.53 Å². The molecular formula is C6H11NO2. The number of ether oxygens (including phenoxy) is 1. The van der Waals surface area contributed by atoms with Gasteiger partial charge in [0.1, 0.15) is 6.61 Å². The maximum atomic E-state index is 10.7. The van der Waals surface area contributed by atoms with Crippen molar-refractivity contribution in [1.82, 2.24) is 0 Å². The van der Waals surface area contributed by atoms with E-state index < -0.39 is 0 Å². The minimum absolute atomic E-state index is 0.00579. The normalized spacial score (nSPS) is 36.0. The third kappa shape index (κ3) is 1.42. The smallest absolute Gasteiger partial charge is 0.308 e. The summed E-state index contributed by atoms with van der Waals surface area (Å²) >= 11 is 0. The summed E-state index contributed by atoms with van der Waals surface area (Å²) in [6.07, 6.45) is 0.763. The fraction of sp³-hybridized carbons (Fsp3) is 0.833. The minimum atomic E-state index is -0.114.